The first-order valence-electron chi connectivity index (χ1n) is 5.82. The largest absolute Gasteiger partial charge is 0.207 e. The highest BCUT2D eigenvalue weighted by atomic mass is 19.1. The van der Waals surface area contributed by atoms with Crippen LogP contribution in [0.1, 0.15) is 31.9 Å². The van der Waals surface area contributed by atoms with E-state index in [1.165, 1.54) is 11.6 Å². The zero-order valence-corrected chi connectivity index (χ0v) is 10.5. The lowest BCUT2D eigenvalue weighted by atomic mass is 9.81. The van der Waals surface area contributed by atoms with Crippen LogP contribution in [-0.4, -0.2) is 0 Å². The fraction of sp³-hybridized carbons (Fsp3) is 0.250. The molecule has 1 aliphatic carbocycles. The van der Waals surface area contributed by atoms with Crippen LogP contribution in [0.3, 0.4) is 0 Å². The standard InChI is InChI=1S/C16H17F/c1-5-7-14-12(6-2)13-9-8-11(17)10-15(13)16(14,3)4/h5-10H,2H2,1,3-4H3/b7-5-. The maximum atomic E-state index is 13.4. The van der Waals surface area contributed by atoms with Crippen LogP contribution >= 0.6 is 0 Å². The molecule has 1 aliphatic rings. The second kappa shape index (κ2) is 3.99. The molecule has 0 N–H and O–H groups in total. The Morgan fingerprint density at radius 1 is 1.29 bits per heavy atom. The van der Waals surface area contributed by atoms with Gasteiger partial charge in [0.05, 0.1) is 0 Å². The van der Waals surface area contributed by atoms with Gasteiger partial charge in [-0.1, -0.05) is 44.7 Å². The van der Waals surface area contributed by atoms with Gasteiger partial charge in [0, 0.05) is 5.41 Å². The summed E-state index contributed by atoms with van der Waals surface area (Å²) in [6.45, 7) is 10.1. The van der Waals surface area contributed by atoms with Crippen LogP contribution < -0.4 is 0 Å². The third-order valence-electron chi connectivity index (χ3n) is 3.45. The van der Waals surface area contributed by atoms with Gasteiger partial charge in [0.15, 0.2) is 0 Å². The van der Waals surface area contributed by atoms with Crippen molar-refractivity contribution in [2.45, 2.75) is 26.2 Å². The van der Waals surface area contributed by atoms with Gasteiger partial charge >= 0.3 is 0 Å². The zero-order valence-electron chi connectivity index (χ0n) is 10.5. The molecule has 0 radical (unpaired) electrons. The average Bonchev–Trinajstić information content (AvgIpc) is 2.49. The minimum Gasteiger partial charge on any atom is -0.207 e. The number of fused-ring (bicyclic) bond motifs is 1. The van der Waals surface area contributed by atoms with E-state index in [4.69, 9.17) is 0 Å². The first kappa shape index (κ1) is 11.8. The summed E-state index contributed by atoms with van der Waals surface area (Å²) >= 11 is 0. The number of halogens is 1. The monoisotopic (exact) mass is 228 g/mol. The van der Waals surface area contributed by atoms with E-state index in [0.717, 1.165) is 16.7 Å². The summed E-state index contributed by atoms with van der Waals surface area (Å²) in [5, 5.41) is 0. The van der Waals surface area contributed by atoms with Crippen molar-refractivity contribution in [3.63, 3.8) is 0 Å². The van der Waals surface area contributed by atoms with Gasteiger partial charge in [-0.2, -0.15) is 0 Å². The van der Waals surface area contributed by atoms with Crippen molar-refractivity contribution in [1.29, 1.82) is 0 Å². The summed E-state index contributed by atoms with van der Waals surface area (Å²) in [7, 11) is 0. The lowest BCUT2D eigenvalue weighted by molar-refractivity contribution is 0.606. The van der Waals surface area contributed by atoms with Crippen molar-refractivity contribution in [3.8, 4) is 0 Å². The topological polar surface area (TPSA) is 0 Å². The zero-order chi connectivity index (χ0) is 12.6. The van der Waals surface area contributed by atoms with Crippen LogP contribution in [-0.2, 0) is 5.41 Å². The minimum absolute atomic E-state index is 0.159. The van der Waals surface area contributed by atoms with Crippen molar-refractivity contribution in [1.82, 2.24) is 0 Å². The molecule has 0 unspecified atom stereocenters. The smallest absolute Gasteiger partial charge is 0.123 e. The number of benzene rings is 1. The van der Waals surface area contributed by atoms with E-state index in [9.17, 15) is 4.39 Å². The molecule has 1 heteroatoms. The number of hydrogen-bond acceptors (Lipinski definition) is 0. The molecule has 0 saturated heterocycles. The normalized spacial score (nSPS) is 17.6. The third kappa shape index (κ3) is 1.66. The van der Waals surface area contributed by atoms with Crippen molar-refractivity contribution < 1.29 is 4.39 Å². The summed E-state index contributed by atoms with van der Waals surface area (Å²) in [5.74, 6) is -0.179. The molecule has 0 atom stereocenters. The Morgan fingerprint density at radius 2 is 2.00 bits per heavy atom. The van der Waals surface area contributed by atoms with Gasteiger partial charge in [0.1, 0.15) is 5.82 Å². The predicted octanol–water partition coefficient (Wildman–Crippen LogP) is 4.63. The molecular formula is C16H17F. The first-order chi connectivity index (χ1) is 8.02. The molecule has 0 heterocycles. The highest BCUT2D eigenvalue weighted by Crippen LogP contribution is 2.47. The Morgan fingerprint density at radius 3 is 2.59 bits per heavy atom. The van der Waals surface area contributed by atoms with Crippen LogP contribution in [0.5, 0.6) is 0 Å². The molecule has 17 heavy (non-hydrogen) atoms. The summed E-state index contributed by atoms with van der Waals surface area (Å²) in [6.07, 6.45) is 5.97. The molecule has 1 aromatic carbocycles. The third-order valence-corrected chi connectivity index (χ3v) is 3.45. The van der Waals surface area contributed by atoms with E-state index in [1.807, 2.05) is 25.1 Å². The van der Waals surface area contributed by atoms with Gasteiger partial charge < -0.3 is 0 Å². The SMILES string of the molecule is C=CC1=C(/C=C\C)C(C)(C)c2cc(F)ccc21. The Hall–Kier alpha value is -1.63. The quantitative estimate of drug-likeness (QED) is 0.692. The Labute approximate surface area is 102 Å². The molecule has 0 nitrogen and oxygen atoms in total. The molecule has 88 valence electrons. The van der Waals surface area contributed by atoms with Crippen LogP contribution in [0.2, 0.25) is 0 Å². The minimum atomic E-state index is -0.179. The van der Waals surface area contributed by atoms with Crippen molar-refractivity contribution in [2.75, 3.05) is 0 Å². The summed E-state index contributed by atoms with van der Waals surface area (Å²) in [4.78, 5) is 0. The van der Waals surface area contributed by atoms with Gasteiger partial charge in [0.25, 0.3) is 0 Å². The highest BCUT2D eigenvalue weighted by Gasteiger charge is 2.35. The number of allylic oxidation sites excluding steroid dienone is 5. The second-order valence-corrected chi connectivity index (χ2v) is 4.85. The molecule has 0 amide bonds. The van der Waals surface area contributed by atoms with Crippen LogP contribution in [0.4, 0.5) is 4.39 Å². The highest BCUT2D eigenvalue weighted by molar-refractivity contribution is 5.87. The molecule has 0 aliphatic heterocycles. The molecular weight excluding hydrogens is 211 g/mol. The molecule has 0 saturated carbocycles. The fourth-order valence-corrected chi connectivity index (χ4v) is 2.58. The lowest BCUT2D eigenvalue weighted by Crippen LogP contribution is -2.16. The molecule has 0 aromatic heterocycles. The maximum absolute atomic E-state index is 13.4. The summed E-state index contributed by atoms with van der Waals surface area (Å²) in [6, 6.07) is 4.99. The van der Waals surface area contributed by atoms with Gasteiger partial charge in [-0.15, -0.1) is 0 Å². The maximum Gasteiger partial charge on any atom is 0.123 e. The first-order valence-corrected chi connectivity index (χ1v) is 5.82. The fourth-order valence-electron chi connectivity index (χ4n) is 2.58. The average molecular weight is 228 g/mol. The van der Waals surface area contributed by atoms with Crippen molar-refractivity contribution in [3.05, 3.63) is 65.5 Å². The molecule has 0 fully saturated rings. The van der Waals surface area contributed by atoms with E-state index in [2.05, 4.69) is 26.5 Å². The van der Waals surface area contributed by atoms with Gasteiger partial charge in [0.2, 0.25) is 0 Å². The van der Waals surface area contributed by atoms with Gasteiger partial charge in [-0.05, 0) is 41.3 Å². The van der Waals surface area contributed by atoms with Gasteiger partial charge in [-0.3, -0.25) is 0 Å². The molecule has 1 aromatic rings. The Balaban J connectivity index is 2.75. The predicted molar refractivity (Wildman–Crippen MR) is 71.4 cm³/mol. The Kier molecular flexibility index (Phi) is 2.78. The van der Waals surface area contributed by atoms with E-state index in [1.54, 1.807) is 6.07 Å². The van der Waals surface area contributed by atoms with Crippen molar-refractivity contribution in [2.24, 2.45) is 0 Å². The van der Waals surface area contributed by atoms with Crippen molar-refractivity contribution >= 4 is 5.57 Å². The van der Waals surface area contributed by atoms with E-state index in [-0.39, 0.29) is 11.2 Å². The number of rotatable bonds is 2. The van der Waals surface area contributed by atoms with Crippen LogP contribution in [0, 0.1) is 5.82 Å². The molecule has 0 spiro atoms. The molecule has 0 bridgehead atoms. The van der Waals surface area contributed by atoms with Gasteiger partial charge in [-0.25, -0.2) is 4.39 Å². The van der Waals surface area contributed by atoms with E-state index in [0.29, 0.717) is 0 Å². The van der Waals surface area contributed by atoms with Crippen LogP contribution in [0.25, 0.3) is 5.57 Å². The van der Waals surface area contributed by atoms with E-state index >= 15 is 0 Å². The van der Waals surface area contributed by atoms with Crippen LogP contribution in [0.15, 0.2) is 48.6 Å². The Bertz CT molecular complexity index is 530. The van der Waals surface area contributed by atoms with E-state index < -0.39 is 0 Å². The molecule has 2 rings (SSSR count). The summed E-state index contributed by atoms with van der Waals surface area (Å²) in [5.41, 5.74) is 4.30. The second-order valence-electron chi connectivity index (χ2n) is 4.85. The lowest BCUT2D eigenvalue weighted by Gasteiger charge is -2.22. The summed E-state index contributed by atoms with van der Waals surface area (Å²) < 4.78 is 13.4. The number of hydrogen-bond donors (Lipinski definition) is 0.